The van der Waals surface area contributed by atoms with Crippen molar-refractivity contribution in [1.29, 1.82) is 0 Å². The lowest BCUT2D eigenvalue weighted by molar-refractivity contribution is -0.143. The maximum Gasteiger partial charge on any atom is 0.307 e. The van der Waals surface area contributed by atoms with E-state index >= 15 is 0 Å². The molecule has 130 valence electrons. The van der Waals surface area contributed by atoms with E-state index in [1.54, 1.807) is 6.92 Å². The first-order chi connectivity index (χ1) is 12.1. The number of aryl methyl sites for hydroxylation is 1. The lowest BCUT2D eigenvalue weighted by Crippen LogP contribution is -2.17. The van der Waals surface area contributed by atoms with Crippen LogP contribution in [0.3, 0.4) is 0 Å². The molecule has 1 heterocycles. The summed E-state index contributed by atoms with van der Waals surface area (Å²) in [5, 5.41) is 1.24. The molecule has 0 saturated heterocycles. The monoisotopic (exact) mass is 336 g/mol. The van der Waals surface area contributed by atoms with Gasteiger partial charge in [-0.1, -0.05) is 30.3 Å². The van der Waals surface area contributed by atoms with Crippen LogP contribution < -0.4 is 5.73 Å². The van der Waals surface area contributed by atoms with Crippen LogP contribution >= 0.6 is 0 Å². The number of carbonyl (C=O) groups excluding carboxylic acids is 1. The second kappa shape index (κ2) is 7.53. The summed E-state index contributed by atoms with van der Waals surface area (Å²) in [6.07, 6.45) is 2.30. The van der Waals surface area contributed by atoms with Gasteiger partial charge in [0.05, 0.1) is 13.0 Å². The van der Waals surface area contributed by atoms with Crippen molar-refractivity contribution in [3.8, 4) is 11.1 Å². The Morgan fingerprint density at radius 2 is 1.92 bits per heavy atom. The van der Waals surface area contributed by atoms with Crippen LogP contribution in [0.1, 0.15) is 31.9 Å². The van der Waals surface area contributed by atoms with Crippen LogP contribution in [0.2, 0.25) is 0 Å². The average molecular weight is 336 g/mol. The predicted molar refractivity (Wildman–Crippen MR) is 101 cm³/mol. The van der Waals surface area contributed by atoms with E-state index in [4.69, 9.17) is 10.5 Å². The number of esters is 1. The van der Waals surface area contributed by atoms with Crippen molar-refractivity contribution in [2.24, 2.45) is 5.73 Å². The molecule has 1 atom stereocenters. The molecule has 3 rings (SSSR count). The molecule has 0 unspecified atom stereocenters. The Balaban J connectivity index is 1.89. The molecule has 0 amide bonds. The van der Waals surface area contributed by atoms with Gasteiger partial charge in [0.25, 0.3) is 0 Å². The molecule has 25 heavy (non-hydrogen) atoms. The highest BCUT2D eigenvalue weighted by Gasteiger charge is 2.13. The van der Waals surface area contributed by atoms with Gasteiger partial charge in [0.2, 0.25) is 0 Å². The number of hydrogen-bond donors (Lipinski definition) is 1. The van der Waals surface area contributed by atoms with E-state index < -0.39 is 0 Å². The SMILES string of the molecule is CCOC(=O)C[C@H](N)c1cccc(-c2ccc3ccn(CC)c3c2)c1. The highest BCUT2D eigenvalue weighted by molar-refractivity contribution is 5.85. The zero-order valence-corrected chi connectivity index (χ0v) is 14.7. The third kappa shape index (κ3) is 3.74. The van der Waals surface area contributed by atoms with Gasteiger partial charge in [0.1, 0.15) is 0 Å². The molecule has 4 heteroatoms. The minimum Gasteiger partial charge on any atom is -0.466 e. The molecule has 3 aromatic rings. The van der Waals surface area contributed by atoms with Crippen molar-refractivity contribution in [2.75, 3.05) is 6.61 Å². The molecule has 0 fully saturated rings. The first kappa shape index (κ1) is 17.2. The molecule has 0 spiro atoms. The summed E-state index contributed by atoms with van der Waals surface area (Å²) in [5.41, 5.74) is 10.6. The van der Waals surface area contributed by atoms with E-state index in [-0.39, 0.29) is 18.4 Å². The smallest absolute Gasteiger partial charge is 0.307 e. The maximum atomic E-state index is 11.7. The van der Waals surface area contributed by atoms with Gasteiger partial charge in [-0.05, 0) is 54.1 Å². The molecule has 0 bridgehead atoms. The first-order valence-corrected chi connectivity index (χ1v) is 8.72. The lowest BCUT2D eigenvalue weighted by Gasteiger charge is -2.13. The fraction of sp³-hybridized carbons (Fsp3) is 0.286. The van der Waals surface area contributed by atoms with Crippen molar-refractivity contribution in [3.63, 3.8) is 0 Å². The van der Waals surface area contributed by atoms with Gasteiger partial charge >= 0.3 is 5.97 Å². The zero-order valence-electron chi connectivity index (χ0n) is 14.7. The van der Waals surface area contributed by atoms with Crippen LogP contribution in [0, 0.1) is 0 Å². The van der Waals surface area contributed by atoms with Crippen LogP contribution in [0.4, 0.5) is 0 Å². The Morgan fingerprint density at radius 1 is 1.12 bits per heavy atom. The first-order valence-electron chi connectivity index (χ1n) is 8.72. The Hall–Kier alpha value is -2.59. The van der Waals surface area contributed by atoms with Crippen molar-refractivity contribution >= 4 is 16.9 Å². The van der Waals surface area contributed by atoms with Gasteiger partial charge in [0, 0.05) is 24.3 Å². The summed E-state index contributed by atoms with van der Waals surface area (Å²) in [7, 11) is 0. The maximum absolute atomic E-state index is 11.7. The summed E-state index contributed by atoms with van der Waals surface area (Å²) in [6.45, 7) is 5.26. The number of carbonyl (C=O) groups is 1. The zero-order chi connectivity index (χ0) is 17.8. The normalized spacial score (nSPS) is 12.3. The molecule has 1 aromatic heterocycles. The predicted octanol–water partition coefficient (Wildman–Crippen LogP) is 4.28. The lowest BCUT2D eigenvalue weighted by atomic mass is 9.98. The molecule has 2 N–H and O–H groups in total. The molecule has 0 aliphatic rings. The number of aromatic nitrogens is 1. The fourth-order valence-corrected chi connectivity index (χ4v) is 3.11. The highest BCUT2D eigenvalue weighted by atomic mass is 16.5. The largest absolute Gasteiger partial charge is 0.466 e. The van der Waals surface area contributed by atoms with Crippen molar-refractivity contribution in [1.82, 2.24) is 4.57 Å². The van der Waals surface area contributed by atoms with Gasteiger partial charge in [-0.2, -0.15) is 0 Å². The third-order valence-electron chi connectivity index (χ3n) is 4.45. The van der Waals surface area contributed by atoms with Crippen molar-refractivity contribution in [3.05, 3.63) is 60.3 Å². The second-order valence-electron chi connectivity index (χ2n) is 6.12. The van der Waals surface area contributed by atoms with Crippen LogP contribution in [0.25, 0.3) is 22.0 Å². The molecule has 0 saturated carbocycles. The number of fused-ring (bicyclic) bond motifs is 1. The van der Waals surface area contributed by atoms with Gasteiger partial charge in [-0.15, -0.1) is 0 Å². The van der Waals surface area contributed by atoms with E-state index in [0.717, 1.165) is 23.2 Å². The van der Waals surface area contributed by atoms with E-state index in [9.17, 15) is 4.79 Å². The summed E-state index contributed by atoms with van der Waals surface area (Å²) >= 11 is 0. The summed E-state index contributed by atoms with van der Waals surface area (Å²) in [6, 6.07) is 16.3. The number of ether oxygens (including phenoxy) is 1. The minimum absolute atomic E-state index is 0.189. The fourth-order valence-electron chi connectivity index (χ4n) is 3.11. The second-order valence-corrected chi connectivity index (χ2v) is 6.12. The van der Waals surface area contributed by atoms with Gasteiger partial charge < -0.3 is 15.0 Å². The Morgan fingerprint density at radius 3 is 2.68 bits per heavy atom. The Bertz CT molecular complexity index is 882. The van der Waals surface area contributed by atoms with Gasteiger partial charge in [-0.25, -0.2) is 0 Å². The highest BCUT2D eigenvalue weighted by Crippen LogP contribution is 2.27. The minimum atomic E-state index is -0.359. The van der Waals surface area contributed by atoms with Crippen LogP contribution in [-0.4, -0.2) is 17.1 Å². The third-order valence-corrected chi connectivity index (χ3v) is 4.45. The number of hydrogen-bond acceptors (Lipinski definition) is 3. The van der Waals surface area contributed by atoms with E-state index in [0.29, 0.717) is 6.61 Å². The standard InChI is InChI=1S/C21H24N2O2/c1-3-23-11-10-15-8-9-17(13-20(15)23)16-6-5-7-18(12-16)19(22)14-21(24)25-4-2/h5-13,19H,3-4,14,22H2,1-2H3/t19-/m0/s1. The molecule has 2 aromatic carbocycles. The van der Waals surface area contributed by atoms with Gasteiger partial charge in [-0.3, -0.25) is 4.79 Å². The van der Waals surface area contributed by atoms with Crippen molar-refractivity contribution in [2.45, 2.75) is 32.9 Å². The quantitative estimate of drug-likeness (QED) is 0.684. The van der Waals surface area contributed by atoms with Crippen LogP contribution in [0.15, 0.2) is 54.7 Å². The number of benzene rings is 2. The van der Waals surface area contributed by atoms with E-state index in [1.807, 2.05) is 12.1 Å². The molecule has 4 nitrogen and oxygen atoms in total. The molecule has 0 aliphatic heterocycles. The number of rotatable bonds is 6. The van der Waals surface area contributed by atoms with Crippen molar-refractivity contribution < 1.29 is 9.53 Å². The summed E-state index contributed by atoms with van der Waals surface area (Å²) in [4.78, 5) is 11.7. The Kier molecular flexibility index (Phi) is 5.19. The van der Waals surface area contributed by atoms with Gasteiger partial charge in [0.15, 0.2) is 0 Å². The Labute approximate surface area is 148 Å². The average Bonchev–Trinajstić information content (AvgIpc) is 3.04. The number of nitrogens with two attached hydrogens (primary N) is 1. The summed E-state index contributed by atoms with van der Waals surface area (Å²) in [5.74, 6) is -0.261. The van der Waals surface area contributed by atoms with Crippen LogP contribution in [0.5, 0.6) is 0 Å². The number of nitrogens with zero attached hydrogens (tertiary/aromatic N) is 1. The molecule has 0 aliphatic carbocycles. The topological polar surface area (TPSA) is 57.2 Å². The molecular formula is C21H24N2O2. The molecular weight excluding hydrogens is 312 g/mol. The molecule has 0 radical (unpaired) electrons. The van der Waals surface area contributed by atoms with E-state index in [2.05, 4.69) is 54.1 Å². The van der Waals surface area contributed by atoms with Crippen LogP contribution in [-0.2, 0) is 16.1 Å². The summed E-state index contributed by atoms with van der Waals surface area (Å²) < 4.78 is 7.22. The van der Waals surface area contributed by atoms with E-state index in [1.165, 1.54) is 10.9 Å².